The Bertz CT molecular complexity index is 751. The van der Waals surface area contributed by atoms with Crippen LogP contribution in [0.15, 0.2) is 42.5 Å². The zero-order chi connectivity index (χ0) is 18.2. The Morgan fingerprint density at radius 2 is 1.68 bits per heavy atom. The molecule has 6 nitrogen and oxygen atoms in total. The minimum atomic E-state index is -0.839. The molecule has 0 unspecified atom stereocenters. The summed E-state index contributed by atoms with van der Waals surface area (Å²) >= 11 is 11.8. The van der Waals surface area contributed by atoms with Gasteiger partial charge in [-0.2, -0.15) is 0 Å². The minimum absolute atomic E-state index is 0.168. The zero-order valence-electron chi connectivity index (χ0n) is 13.3. The lowest BCUT2D eigenvalue weighted by Gasteiger charge is -2.10. The molecule has 2 aromatic rings. The third-order valence-electron chi connectivity index (χ3n) is 3.12. The highest BCUT2D eigenvalue weighted by molar-refractivity contribution is 6.45. The van der Waals surface area contributed by atoms with E-state index in [0.29, 0.717) is 5.75 Å². The molecule has 0 atom stereocenters. The maximum absolute atomic E-state index is 11.8. The second-order valence-corrected chi connectivity index (χ2v) is 5.62. The number of amides is 2. The molecule has 0 radical (unpaired) electrons. The number of nitrogens with one attached hydrogen (secondary N) is 2. The Morgan fingerprint density at radius 3 is 2.36 bits per heavy atom. The zero-order valence-corrected chi connectivity index (χ0v) is 14.9. The summed E-state index contributed by atoms with van der Waals surface area (Å²) in [6.45, 7) is 0.380. The summed E-state index contributed by atoms with van der Waals surface area (Å²) in [7, 11) is 1.58. The third-order valence-corrected chi connectivity index (χ3v) is 3.94. The van der Waals surface area contributed by atoms with Gasteiger partial charge in [-0.25, -0.2) is 0 Å². The van der Waals surface area contributed by atoms with Crippen molar-refractivity contribution < 1.29 is 19.1 Å². The molecular formula is C17H16Cl2N2O4. The van der Waals surface area contributed by atoms with E-state index >= 15 is 0 Å². The number of hydrogen-bond acceptors (Lipinski definition) is 4. The van der Waals surface area contributed by atoms with E-state index in [4.69, 9.17) is 32.7 Å². The highest BCUT2D eigenvalue weighted by Gasteiger charge is 2.15. The van der Waals surface area contributed by atoms with Crippen LogP contribution in [-0.4, -0.2) is 32.1 Å². The quantitative estimate of drug-likeness (QED) is 0.594. The molecule has 2 amide bonds. The summed E-state index contributed by atoms with van der Waals surface area (Å²) in [5.41, 5.74) is 0.267. The standard InChI is InChI=1S/C17H16Cl2N2O4/c1-24-11-5-7-12(8-6-11)25-10-9-20-16(22)17(23)21-14-4-2-3-13(18)15(14)19/h2-8H,9-10H2,1H3,(H,20,22)(H,21,23). The Hall–Kier alpha value is -2.44. The number of rotatable bonds is 6. The van der Waals surface area contributed by atoms with E-state index in [1.807, 2.05) is 0 Å². The largest absolute Gasteiger partial charge is 0.497 e. The number of benzene rings is 2. The molecule has 2 aromatic carbocycles. The van der Waals surface area contributed by atoms with Gasteiger partial charge in [0, 0.05) is 0 Å². The number of ether oxygens (including phenoxy) is 2. The molecule has 0 heterocycles. The van der Waals surface area contributed by atoms with E-state index in [2.05, 4.69) is 10.6 Å². The Labute approximate surface area is 155 Å². The van der Waals surface area contributed by atoms with Gasteiger partial charge in [-0.05, 0) is 36.4 Å². The van der Waals surface area contributed by atoms with Gasteiger partial charge in [0.15, 0.2) is 0 Å². The second-order valence-electron chi connectivity index (χ2n) is 4.84. The van der Waals surface area contributed by atoms with Crippen molar-refractivity contribution in [3.05, 3.63) is 52.5 Å². The molecule has 0 aliphatic carbocycles. The van der Waals surface area contributed by atoms with Crippen LogP contribution in [0.1, 0.15) is 0 Å². The SMILES string of the molecule is COc1ccc(OCCNC(=O)C(=O)Nc2cccc(Cl)c2Cl)cc1. The molecule has 0 aliphatic rings. The van der Waals surface area contributed by atoms with Crippen molar-refractivity contribution in [2.75, 3.05) is 25.6 Å². The molecule has 25 heavy (non-hydrogen) atoms. The topological polar surface area (TPSA) is 76.7 Å². The summed E-state index contributed by atoms with van der Waals surface area (Å²) in [5, 5.41) is 5.31. The minimum Gasteiger partial charge on any atom is -0.497 e. The van der Waals surface area contributed by atoms with Gasteiger partial charge < -0.3 is 20.1 Å². The van der Waals surface area contributed by atoms with Crippen LogP contribution in [0.5, 0.6) is 11.5 Å². The summed E-state index contributed by atoms with van der Waals surface area (Å²) in [5.74, 6) is -0.287. The van der Waals surface area contributed by atoms with Crippen molar-refractivity contribution in [2.24, 2.45) is 0 Å². The molecule has 0 saturated heterocycles. The Kier molecular flexibility index (Phi) is 6.91. The van der Waals surface area contributed by atoms with Gasteiger partial charge in [-0.15, -0.1) is 0 Å². The lowest BCUT2D eigenvalue weighted by molar-refractivity contribution is -0.136. The molecule has 0 spiro atoms. The summed E-state index contributed by atoms with van der Waals surface area (Å²) in [4.78, 5) is 23.6. The van der Waals surface area contributed by atoms with E-state index in [1.165, 1.54) is 0 Å². The molecule has 0 aromatic heterocycles. The van der Waals surface area contributed by atoms with E-state index < -0.39 is 11.8 Å². The van der Waals surface area contributed by atoms with E-state index in [0.717, 1.165) is 5.75 Å². The lowest BCUT2D eigenvalue weighted by atomic mass is 10.3. The van der Waals surface area contributed by atoms with Crippen molar-refractivity contribution in [1.82, 2.24) is 5.32 Å². The molecule has 132 valence electrons. The molecule has 0 fully saturated rings. The van der Waals surface area contributed by atoms with Crippen molar-refractivity contribution in [3.8, 4) is 11.5 Å². The Morgan fingerprint density at radius 1 is 1.00 bits per heavy atom. The molecule has 0 saturated carbocycles. The van der Waals surface area contributed by atoms with Gasteiger partial charge in [0.25, 0.3) is 0 Å². The van der Waals surface area contributed by atoms with Crippen LogP contribution in [0, 0.1) is 0 Å². The van der Waals surface area contributed by atoms with Crippen LogP contribution in [0.25, 0.3) is 0 Å². The second kappa shape index (κ2) is 9.15. The fraction of sp³-hybridized carbons (Fsp3) is 0.176. The smallest absolute Gasteiger partial charge is 0.313 e. The molecule has 0 bridgehead atoms. The predicted molar refractivity (Wildman–Crippen MR) is 96.6 cm³/mol. The van der Waals surface area contributed by atoms with Crippen LogP contribution in [0.2, 0.25) is 10.0 Å². The number of carbonyl (C=O) groups is 2. The number of carbonyl (C=O) groups excluding carboxylic acids is 2. The molecule has 8 heteroatoms. The average Bonchev–Trinajstić information content (AvgIpc) is 2.62. The maximum atomic E-state index is 11.8. The van der Waals surface area contributed by atoms with E-state index in [-0.39, 0.29) is 28.9 Å². The first kappa shape index (κ1) is 18.9. The number of hydrogen-bond donors (Lipinski definition) is 2. The van der Waals surface area contributed by atoms with Crippen molar-refractivity contribution in [1.29, 1.82) is 0 Å². The molecule has 2 N–H and O–H groups in total. The predicted octanol–water partition coefficient (Wildman–Crippen LogP) is 3.14. The van der Waals surface area contributed by atoms with Gasteiger partial charge in [0.2, 0.25) is 0 Å². The summed E-state index contributed by atoms with van der Waals surface area (Å²) in [6, 6.07) is 11.8. The Balaban J connectivity index is 1.75. The fourth-order valence-corrected chi connectivity index (χ4v) is 2.21. The number of methoxy groups -OCH3 is 1. The van der Waals surface area contributed by atoms with Crippen molar-refractivity contribution >= 4 is 40.7 Å². The van der Waals surface area contributed by atoms with Crippen LogP contribution in [0.4, 0.5) is 5.69 Å². The highest BCUT2D eigenvalue weighted by atomic mass is 35.5. The third kappa shape index (κ3) is 5.55. The van der Waals surface area contributed by atoms with Gasteiger partial charge in [0.1, 0.15) is 18.1 Å². The van der Waals surface area contributed by atoms with Gasteiger partial charge >= 0.3 is 11.8 Å². The van der Waals surface area contributed by atoms with Crippen molar-refractivity contribution in [3.63, 3.8) is 0 Å². The van der Waals surface area contributed by atoms with E-state index in [1.54, 1.807) is 49.6 Å². The van der Waals surface area contributed by atoms with Crippen LogP contribution < -0.4 is 20.1 Å². The van der Waals surface area contributed by atoms with Gasteiger partial charge in [0.05, 0.1) is 29.4 Å². The fourth-order valence-electron chi connectivity index (χ4n) is 1.87. The first-order valence-corrected chi connectivity index (χ1v) is 8.07. The maximum Gasteiger partial charge on any atom is 0.313 e. The summed E-state index contributed by atoms with van der Waals surface area (Å²) in [6.07, 6.45) is 0. The molecule has 0 aliphatic heterocycles. The normalized spacial score (nSPS) is 10.0. The first-order chi connectivity index (χ1) is 12.0. The highest BCUT2D eigenvalue weighted by Crippen LogP contribution is 2.29. The van der Waals surface area contributed by atoms with Crippen LogP contribution in [-0.2, 0) is 9.59 Å². The number of halogens is 2. The monoisotopic (exact) mass is 382 g/mol. The van der Waals surface area contributed by atoms with Crippen LogP contribution in [0.3, 0.4) is 0 Å². The number of anilines is 1. The average molecular weight is 383 g/mol. The lowest BCUT2D eigenvalue weighted by Crippen LogP contribution is -2.37. The molecule has 2 rings (SSSR count). The summed E-state index contributed by atoms with van der Waals surface area (Å²) < 4.78 is 10.5. The van der Waals surface area contributed by atoms with Gasteiger partial charge in [-0.1, -0.05) is 29.3 Å². The van der Waals surface area contributed by atoms with Gasteiger partial charge in [-0.3, -0.25) is 9.59 Å². The first-order valence-electron chi connectivity index (χ1n) is 7.31. The molecular weight excluding hydrogens is 367 g/mol. The van der Waals surface area contributed by atoms with Crippen LogP contribution >= 0.6 is 23.2 Å². The van der Waals surface area contributed by atoms with Crippen molar-refractivity contribution in [2.45, 2.75) is 0 Å². The van der Waals surface area contributed by atoms with E-state index in [9.17, 15) is 9.59 Å².